The Morgan fingerprint density at radius 1 is 1.40 bits per heavy atom. The predicted molar refractivity (Wildman–Crippen MR) is 63.0 cm³/mol. The topological polar surface area (TPSA) is 34.0 Å². The number of rotatable bonds is 5. The van der Waals surface area contributed by atoms with Crippen molar-refractivity contribution in [2.45, 2.75) is 13.5 Å². The molecule has 0 N–H and O–H groups in total. The molecule has 0 saturated carbocycles. The first-order chi connectivity index (χ1) is 7.33. The highest BCUT2D eigenvalue weighted by Crippen LogP contribution is 2.04. The van der Waals surface area contributed by atoms with Gasteiger partial charge in [0.05, 0.1) is 6.20 Å². The van der Waals surface area contributed by atoms with Crippen molar-refractivity contribution in [2.24, 2.45) is 9.98 Å². The van der Waals surface area contributed by atoms with Gasteiger partial charge in [0.2, 0.25) is 0 Å². The number of ether oxygens (including phenoxy) is 1. The molecule has 1 aromatic rings. The zero-order valence-corrected chi connectivity index (χ0v) is 8.76. The fourth-order valence-corrected chi connectivity index (χ4v) is 0.994. The lowest BCUT2D eigenvalue weighted by atomic mass is 10.2. The molecular formula is C12H14N2O. The van der Waals surface area contributed by atoms with Gasteiger partial charge in [-0.15, -0.1) is 0 Å². The summed E-state index contributed by atoms with van der Waals surface area (Å²) in [6, 6.07) is 9.98. The van der Waals surface area contributed by atoms with E-state index in [4.69, 9.17) is 4.74 Å². The number of nitrogens with zero attached hydrogens (tertiary/aromatic N) is 2. The summed E-state index contributed by atoms with van der Waals surface area (Å²) in [4.78, 5) is 7.34. The molecular weight excluding hydrogens is 188 g/mol. The van der Waals surface area contributed by atoms with Crippen LogP contribution in [-0.4, -0.2) is 13.1 Å². The molecule has 15 heavy (non-hydrogen) atoms. The van der Waals surface area contributed by atoms with Gasteiger partial charge in [0.25, 0.3) is 0 Å². The minimum Gasteiger partial charge on any atom is -0.492 e. The van der Waals surface area contributed by atoms with Crippen molar-refractivity contribution in [1.82, 2.24) is 0 Å². The molecule has 0 fully saturated rings. The first-order valence-electron chi connectivity index (χ1n) is 4.64. The molecule has 0 aliphatic rings. The van der Waals surface area contributed by atoms with E-state index in [2.05, 4.69) is 16.7 Å². The third kappa shape index (κ3) is 4.76. The van der Waals surface area contributed by atoms with E-state index in [1.54, 1.807) is 6.20 Å². The minimum atomic E-state index is 0.556. The number of aliphatic imine (C=N–C) groups is 2. The van der Waals surface area contributed by atoms with E-state index in [0.717, 1.165) is 11.3 Å². The van der Waals surface area contributed by atoms with Gasteiger partial charge in [-0.05, 0) is 19.2 Å². The van der Waals surface area contributed by atoms with Crippen molar-refractivity contribution in [3.8, 4) is 0 Å². The predicted octanol–water partition coefficient (Wildman–Crippen LogP) is 2.79. The summed E-state index contributed by atoms with van der Waals surface area (Å²) in [5, 5.41) is 0. The van der Waals surface area contributed by atoms with Crippen molar-refractivity contribution in [1.29, 1.82) is 0 Å². The zero-order chi connectivity index (χ0) is 10.9. The molecule has 78 valence electrons. The Hall–Kier alpha value is -1.90. The summed E-state index contributed by atoms with van der Waals surface area (Å²) in [6.07, 6.45) is 2.98. The third-order valence-electron chi connectivity index (χ3n) is 1.71. The second-order valence-corrected chi connectivity index (χ2v) is 2.96. The normalized spacial score (nSPS) is 11.7. The van der Waals surface area contributed by atoms with E-state index in [9.17, 15) is 0 Å². The van der Waals surface area contributed by atoms with Gasteiger partial charge in [-0.1, -0.05) is 30.3 Å². The van der Waals surface area contributed by atoms with Crippen LogP contribution in [0.15, 0.2) is 52.3 Å². The van der Waals surface area contributed by atoms with E-state index in [0.29, 0.717) is 6.61 Å². The van der Waals surface area contributed by atoms with E-state index in [1.165, 1.54) is 6.34 Å². The number of hydrogen-bond acceptors (Lipinski definition) is 2. The monoisotopic (exact) mass is 202 g/mol. The summed E-state index contributed by atoms with van der Waals surface area (Å²) in [6.45, 7) is 5.69. The fraction of sp³-hybridized carbons (Fsp3) is 0.167. The second kappa shape index (κ2) is 6.54. The zero-order valence-electron chi connectivity index (χ0n) is 8.76. The van der Waals surface area contributed by atoms with E-state index >= 15 is 0 Å². The van der Waals surface area contributed by atoms with Gasteiger partial charge in [0.1, 0.15) is 18.7 Å². The SMILES string of the molecule is C=N/C=N\C=C(/C)OCc1ccccc1. The first kappa shape index (κ1) is 11.2. The molecule has 0 amide bonds. The Morgan fingerprint density at radius 3 is 2.80 bits per heavy atom. The molecule has 0 aliphatic carbocycles. The lowest BCUT2D eigenvalue weighted by Gasteiger charge is -2.04. The Balaban J connectivity index is 2.40. The maximum Gasteiger partial charge on any atom is 0.114 e. The number of hydrogen-bond donors (Lipinski definition) is 0. The van der Waals surface area contributed by atoms with Crippen LogP contribution in [0.3, 0.4) is 0 Å². The third-order valence-corrected chi connectivity index (χ3v) is 1.71. The minimum absolute atomic E-state index is 0.556. The molecule has 0 atom stereocenters. The molecule has 0 saturated heterocycles. The van der Waals surface area contributed by atoms with E-state index in [-0.39, 0.29) is 0 Å². The highest BCUT2D eigenvalue weighted by molar-refractivity contribution is 5.62. The Kier molecular flexibility index (Phi) is 4.87. The Morgan fingerprint density at radius 2 is 2.13 bits per heavy atom. The maximum absolute atomic E-state index is 5.46. The molecule has 3 heteroatoms. The Labute approximate surface area is 89.8 Å². The highest BCUT2D eigenvalue weighted by atomic mass is 16.5. The van der Waals surface area contributed by atoms with Crippen LogP contribution in [0.1, 0.15) is 12.5 Å². The smallest absolute Gasteiger partial charge is 0.114 e. The van der Waals surface area contributed by atoms with Crippen LogP contribution in [0, 0.1) is 0 Å². The van der Waals surface area contributed by atoms with Crippen molar-refractivity contribution in [3.05, 3.63) is 47.9 Å². The van der Waals surface area contributed by atoms with Crippen LogP contribution in [0.25, 0.3) is 0 Å². The van der Waals surface area contributed by atoms with Crippen molar-refractivity contribution < 1.29 is 4.74 Å². The van der Waals surface area contributed by atoms with Gasteiger partial charge < -0.3 is 4.74 Å². The van der Waals surface area contributed by atoms with Crippen molar-refractivity contribution in [2.75, 3.05) is 0 Å². The lowest BCUT2D eigenvalue weighted by molar-refractivity contribution is 0.200. The molecule has 1 rings (SSSR count). The molecule has 3 nitrogen and oxygen atoms in total. The standard InChI is InChI=1S/C12H14N2O/c1-11(8-14-10-13-2)15-9-12-6-4-3-5-7-12/h3-8,10H,2,9H2,1H3/b11-8+,14-10-. The second-order valence-electron chi connectivity index (χ2n) is 2.96. The van der Waals surface area contributed by atoms with Crippen molar-refractivity contribution >= 4 is 13.1 Å². The average molecular weight is 202 g/mol. The van der Waals surface area contributed by atoms with Crippen LogP contribution in [0.5, 0.6) is 0 Å². The maximum atomic E-state index is 5.46. The fourth-order valence-electron chi connectivity index (χ4n) is 0.994. The van der Waals surface area contributed by atoms with Gasteiger partial charge in [-0.25, -0.2) is 4.99 Å². The Bertz CT molecular complexity index is 355. The summed E-state index contributed by atoms with van der Waals surface area (Å²) >= 11 is 0. The highest BCUT2D eigenvalue weighted by Gasteiger charge is 1.92. The lowest BCUT2D eigenvalue weighted by Crippen LogP contribution is -1.89. The quantitative estimate of drug-likeness (QED) is 0.410. The molecule has 0 radical (unpaired) electrons. The molecule has 0 spiro atoms. The van der Waals surface area contributed by atoms with Gasteiger partial charge >= 0.3 is 0 Å². The first-order valence-corrected chi connectivity index (χ1v) is 4.64. The van der Waals surface area contributed by atoms with Gasteiger partial charge in [0.15, 0.2) is 0 Å². The molecule has 0 bridgehead atoms. The van der Waals surface area contributed by atoms with E-state index < -0.39 is 0 Å². The van der Waals surface area contributed by atoms with Crippen LogP contribution in [-0.2, 0) is 11.3 Å². The van der Waals surface area contributed by atoms with Gasteiger partial charge in [-0.2, -0.15) is 0 Å². The molecule has 0 aliphatic heterocycles. The van der Waals surface area contributed by atoms with Crippen LogP contribution >= 0.6 is 0 Å². The summed E-state index contributed by atoms with van der Waals surface area (Å²) < 4.78 is 5.46. The molecule has 1 aromatic carbocycles. The van der Waals surface area contributed by atoms with Crippen molar-refractivity contribution in [3.63, 3.8) is 0 Å². The summed E-state index contributed by atoms with van der Waals surface area (Å²) in [5.74, 6) is 0.749. The number of benzene rings is 1. The summed E-state index contributed by atoms with van der Waals surface area (Å²) in [7, 11) is 0. The van der Waals surface area contributed by atoms with Crippen LogP contribution in [0.2, 0.25) is 0 Å². The summed E-state index contributed by atoms with van der Waals surface area (Å²) in [5.41, 5.74) is 1.14. The average Bonchev–Trinajstić information content (AvgIpc) is 2.28. The van der Waals surface area contributed by atoms with Crippen LogP contribution < -0.4 is 0 Å². The number of allylic oxidation sites excluding steroid dienone is 1. The van der Waals surface area contributed by atoms with Crippen LogP contribution in [0.4, 0.5) is 0 Å². The molecule has 0 heterocycles. The van der Waals surface area contributed by atoms with E-state index in [1.807, 2.05) is 37.3 Å². The van der Waals surface area contributed by atoms with Gasteiger partial charge in [-0.3, -0.25) is 4.99 Å². The molecule has 0 aromatic heterocycles. The van der Waals surface area contributed by atoms with Gasteiger partial charge in [0, 0.05) is 0 Å². The molecule has 0 unspecified atom stereocenters. The largest absolute Gasteiger partial charge is 0.492 e.